The van der Waals surface area contributed by atoms with Crippen molar-refractivity contribution in [2.45, 2.75) is 13.1 Å². The summed E-state index contributed by atoms with van der Waals surface area (Å²) >= 11 is 0. The highest BCUT2D eigenvalue weighted by atomic mass is 16.7. The van der Waals surface area contributed by atoms with Crippen LogP contribution in [0.25, 0.3) is 0 Å². The molecule has 104 valence electrons. The van der Waals surface area contributed by atoms with Crippen LogP contribution in [-0.4, -0.2) is 17.9 Å². The number of rotatable bonds is 5. The van der Waals surface area contributed by atoms with Gasteiger partial charge in [-0.2, -0.15) is 0 Å². The van der Waals surface area contributed by atoms with E-state index < -0.39 is 5.97 Å². The van der Waals surface area contributed by atoms with Crippen LogP contribution in [0.5, 0.6) is 11.5 Å². The van der Waals surface area contributed by atoms with Crippen LogP contribution in [0.15, 0.2) is 34.7 Å². The van der Waals surface area contributed by atoms with Crippen LogP contribution in [0.3, 0.4) is 0 Å². The largest absolute Gasteiger partial charge is 0.475 e. The zero-order valence-corrected chi connectivity index (χ0v) is 10.6. The first kappa shape index (κ1) is 12.6. The molecule has 20 heavy (non-hydrogen) atoms. The summed E-state index contributed by atoms with van der Waals surface area (Å²) in [4.78, 5) is 10.7. The Hall–Kier alpha value is -2.47. The molecule has 2 N–H and O–H groups in total. The summed E-state index contributed by atoms with van der Waals surface area (Å²) < 4.78 is 15.9. The normalized spacial score (nSPS) is 12.6. The monoisotopic (exact) mass is 275 g/mol. The van der Waals surface area contributed by atoms with Gasteiger partial charge in [0, 0.05) is 12.1 Å². The predicted octanol–water partition coefficient (Wildman–Crippen LogP) is 2.00. The third kappa shape index (κ3) is 2.46. The lowest BCUT2D eigenvalue weighted by molar-refractivity contribution is 0.0660. The van der Waals surface area contributed by atoms with Crippen LogP contribution in [0.4, 0.5) is 0 Å². The van der Waals surface area contributed by atoms with Gasteiger partial charge in [0.1, 0.15) is 5.76 Å². The zero-order valence-electron chi connectivity index (χ0n) is 10.6. The van der Waals surface area contributed by atoms with E-state index in [4.69, 9.17) is 19.0 Å². The van der Waals surface area contributed by atoms with E-state index >= 15 is 0 Å². The van der Waals surface area contributed by atoms with Crippen molar-refractivity contribution in [2.75, 3.05) is 6.79 Å². The molecule has 0 atom stereocenters. The lowest BCUT2D eigenvalue weighted by Crippen LogP contribution is -2.12. The summed E-state index contributed by atoms with van der Waals surface area (Å²) in [5.41, 5.74) is 0.991. The summed E-state index contributed by atoms with van der Waals surface area (Å²) in [6, 6.07) is 8.80. The number of benzene rings is 1. The lowest BCUT2D eigenvalue weighted by atomic mass is 10.2. The number of fused-ring (bicyclic) bond motifs is 1. The number of carboxylic acids is 1. The van der Waals surface area contributed by atoms with Gasteiger partial charge in [0.25, 0.3) is 0 Å². The van der Waals surface area contributed by atoms with Gasteiger partial charge in [-0.1, -0.05) is 12.1 Å². The fourth-order valence-electron chi connectivity index (χ4n) is 2.04. The standard InChI is InChI=1S/C14H13NO5/c16-14(17)12-5-4-10(20-12)7-15-6-9-2-1-3-11-13(9)19-8-18-11/h1-5,15H,6-8H2,(H,16,17). The molecule has 0 saturated heterocycles. The average Bonchev–Trinajstić information content (AvgIpc) is 3.07. The average molecular weight is 275 g/mol. The maximum Gasteiger partial charge on any atom is 0.371 e. The molecule has 0 radical (unpaired) electrons. The van der Waals surface area contributed by atoms with Crippen molar-refractivity contribution in [2.24, 2.45) is 0 Å². The van der Waals surface area contributed by atoms with Crippen molar-refractivity contribution in [3.63, 3.8) is 0 Å². The minimum Gasteiger partial charge on any atom is -0.475 e. The molecule has 0 unspecified atom stereocenters. The van der Waals surface area contributed by atoms with Crippen molar-refractivity contribution in [1.29, 1.82) is 0 Å². The van der Waals surface area contributed by atoms with Crippen LogP contribution in [0, 0.1) is 0 Å². The number of nitrogens with one attached hydrogen (secondary N) is 1. The molecule has 0 fully saturated rings. The topological polar surface area (TPSA) is 80.9 Å². The van der Waals surface area contributed by atoms with E-state index in [1.165, 1.54) is 6.07 Å². The molecular formula is C14H13NO5. The Bertz CT molecular complexity index is 634. The van der Waals surface area contributed by atoms with Crippen molar-refractivity contribution in [1.82, 2.24) is 5.32 Å². The maximum atomic E-state index is 10.7. The van der Waals surface area contributed by atoms with Crippen LogP contribution < -0.4 is 14.8 Å². The number of carboxylic acid groups (broad SMARTS) is 1. The smallest absolute Gasteiger partial charge is 0.371 e. The van der Waals surface area contributed by atoms with Crippen LogP contribution >= 0.6 is 0 Å². The molecule has 1 aromatic heterocycles. The van der Waals surface area contributed by atoms with E-state index in [2.05, 4.69) is 5.32 Å². The second kappa shape index (κ2) is 5.26. The molecule has 0 spiro atoms. The molecule has 0 bridgehead atoms. The van der Waals surface area contributed by atoms with Gasteiger partial charge in [-0.3, -0.25) is 0 Å². The fourth-order valence-corrected chi connectivity index (χ4v) is 2.04. The summed E-state index contributed by atoms with van der Waals surface area (Å²) in [6.45, 7) is 1.26. The SMILES string of the molecule is O=C(O)c1ccc(CNCc2cccc3c2OCO3)o1. The Balaban J connectivity index is 1.60. The van der Waals surface area contributed by atoms with Gasteiger partial charge in [0.05, 0.1) is 6.54 Å². The molecule has 0 saturated carbocycles. The lowest BCUT2D eigenvalue weighted by Gasteiger charge is -2.06. The summed E-state index contributed by atoms with van der Waals surface area (Å²) in [5, 5.41) is 11.9. The predicted molar refractivity (Wildman–Crippen MR) is 68.8 cm³/mol. The molecule has 1 aliphatic heterocycles. The van der Waals surface area contributed by atoms with Crippen molar-refractivity contribution >= 4 is 5.97 Å². The van der Waals surface area contributed by atoms with Gasteiger partial charge >= 0.3 is 5.97 Å². The molecule has 6 heteroatoms. The maximum absolute atomic E-state index is 10.7. The Labute approximate surface area is 114 Å². The van der Waals surface area contributed by atoms with Gasteiger partial charge in [-0.15, -0.1) is 0 Å². The molecule has 6 nitrogen and oxygen atoms in total. The Morgan fingerprint density at radius 1 is 1.20 bits per heavy atom. The highest BCUT2D eigenvalue weighted by molar-refractivity contribution is 5.84. The summed E-state index contributed by atoms with van der Waals surface area (Å²) in [5.74, 6) is 0.954. The Morgan fingerprint density at radius 2 is 2.10 bits per heavy atom. The quantitative estimate of drug-likeness (QED) is 0.868. The molecule has 0 aliphatic carbocycles. The van der Waals surface area contributed by atoms with Gasteiger partial charge in [-0.05, 0) is 18.2 Å². The molecular weight excluding hydrogens is 262 g/mol. The third-order valence-corrected chi connectivity index (χ3v) is 2.97. The third-order valence-electron chi connectivity index (χ3n) is 2.97. The van der Waals surface area contributed by atoms with Gasteiger partial charge in [0.2, 0.25) is 12.6 Å². The molecule has 3 rings (SSSR count). The fraction of sp³-hybridized carbons (Fsp3) is 0.214. The molecule has 0 amide bonds. The van der Waals surface area contributed by atoms with Crippen molar-refractivity contribution in [3.8, 4) is 11.5 Å². The highest BCUT2D eigenvalue weighted by Crippen LogP contribution is 2.35. The first-order valence-corrected chi connectivity index (χ1v) is 6.14. The van der Waals surface area contributed by atoms with Crippen LogP contribution in [0.2, 0.25) is 0 Å². The molecule has 2 heterocycles. The number of carbonyl (C=O) groups is 1. The van der Waals surface area contributed by atoms with Gasteiger partial charge in [0.15, 0.2) is 11.5 Å². The highest BCUT2D eigenvalue weighted by Gasteiger charge is 2.16. The van der Waals surface area contributed by atoms with Crippen LogP contribution in [-0.2, 0) is 13.1 Å². The molecule has 1 aromatic carbocycles. The summed E-state index contributed by atoms with van der Waals surface area (Å²) in [7, 11) is 0. The van der Waals surface area contributed by atoms with E-state index in [1.807, 2.05) is 18.2 Å². The number of para-hydroxylation sites is 1. The second-order valence-corrected chi connectivity index (χ2v) is 4.33. The summed E-state index contributed by atoms with van der Waals surface area (Å²) in [6.07, 6.45) is 0. The zero-order chi connectivity index (χ0) is 13.9. The number of furan rings is 1. The first-order chi connectivity index (χ1) is 9.74. The van der Waals surface area contributed by atoms with E-state index in [0.717, 1.165) is 17.1 Å². The number of ether oxygens (including phenoxy) is 2. The van der Waals surface area contributed by atoms with Gasteiger partial charge in [-0.25, -0.2) is 4.79 Å². The second-order valence-electron chi connectivity index (χ2n) is 4.33. The van der Waals surface area contributed by atoms with Crippen LogP contribution in [0.1, 0.15) is 21.9 Å². The first-order valence-electron chi connectivity index (χ1n) is 6.14. The minimum absolute atomic E-state index is 0.0564. The molecule has 2 aromatic rings. The van der Waals surface area contributed by atoms with E-state index in [9.17, 15) is 4.79 Å². The molecule has 1 aliphatic rings. The number of hydrogen-bond acceptors (Lipinski definition) is 5. The Kier molecular flexibility index (Phi) is 3.30. The Morgan fingerprint density at radius 3 is 2.90 bits per heavy atom. The van der Waals surface area contributed by atoms with Gasteiger partial charge < -0.3 is 24.3 Å². The number of aromatic carboxylic acids is 1. The van der Waals surface area contributed by atoms with Crippen molar-refractivity contribution < 1.29 is 23.8 Å². The van der Waals surface area contributed by atoms with Crippen molar-refractivity contribution in [3.05, 3.63) is 47.4 Å². The number of hydrogen-bond donors (Lipinski definition) is 2. The van der Waals surface area contributed by atoms with E-state index in [1.54, 1.807) is 6.07 Å². The van der Waals surface area contributed by atoms with E-state index in [-0.39, 0.29) is 12.6 Å². The minimum atomic E-state index is -1.07. The van der Waals surface area contributed by atoms with E-state index in [0.29, 0.717) is 18.8 Å².